The monoisotopic (exact) mass is 227 g/mol. The zero-order valence-electron chi connectivity index (χ0n) is 11.7. The van der Waals surface area contributed by atoms with E-state index in [1.807, 2.05) is 0 Å². The molecule has 0 aliphatic heterocycles. The van der Waals surface area contributed by atoms with E-state index in [1.165, 1.54) is 25.7 Å². The molecule has 1 N–H and O–H groups in total. The Morgan fingerprint density at radius 2 is 2.06 bits per heavy atom. The summed E-state index contributed by atoms with van der Waals surface area (Å²) in [5.41, 5.74) is 0.345. The average molecular weight is 227 g/mol. The number of nitrogens with one attached hydrogen (secondary N) is 1. The third-order valence-corrected chi connectivity index (χ3v) is 4.32. The van der Waals surface area contributed by atoms with E-state index < -0.39 is 0 Å². The van der Waals surface area contributed by atoms with Gasteiger partial charge in [-0.1, -0.05) is 27.2 Å². The summed E-state index contributed by atoms with van der Waals surface area (Å²) in [5, 5.41) is 3.77. The Morgan fingerprint density at radius 1 is 1.38 bits per heavy atom. The molecule has 0 spiro atoms. The molecule has 1 rings (SSSR count). The van der Waals surface area contributed by atoms with E-state index in [0.717, 1.165) is 6.61 Å². The first-order chi connectivity index (χ1) is 7.58. The van der Waals surface area contributed by atoms with Crippen LogP contribution in [0.1, 0.15) is 60.3 Å². The van der Waals surface area contributed by atoms with E-state index in [0.29, 0.717) is 23.6 Å². The lowest BCUT2D eigenvalue weighted by molar-refractivity contribution is -0.127. The first-order valence-corrected chi connectivity index (χ1v) is 6.96. The predicted octanol–water partition coefficient (Wildman–Crippen LogP) is 3.36. The highest BCUT2D eigenvalue weighted by Crippen LogP contribution is 2.46. The Kier molecular flexibility index (Phi) is 5.26. The molecule has 1 saturated carbocycles. The van der Waals surface area contributed by atoms with E-state index >= 15 is 0 Å². The largest absolute Gasteiger partial charge is 0.378 e. The minimum Gasteiger partial charge on any atom is -0.378 e. The molecule has 0 saturated heterocycles. The fourth-order valence-electron chi connectivity index (χ4n) is 2.87. The van der Waals surface area contributed by atoms with Crippen molar-refractivity contribution in [3.8, 4) is 0 Å². The lowest BCUT2D eigenvalue weighted by Gasteiger charge is -2.54. The van der Waals surface area contributed by atoms with Gasteiger partial charge in [0.05, 0.1) is 6.10 Å². The van der Waals surface area contributed by atoms with Gasteiger partial charge in [-0.2, -0.15) is 0 Å². The molecule has 0 aromatic heterocycles. The fraction of sp³-hybridized carbons (Fsp3) is 1.00. The van der Waals surface area contributed by atoms with Crippen LogP contribution in [0.15, 0.2) is 0 Å². The lowest BCUT2D eigenvalue weighted by atomic mass is 9.61. The van der Waals surface area contributed by atoms with Crippen LogP contribution in [-0.4, -0.2) is 24.8 Å². The number of hydrogen-bond acceptors (Lipinski definition) is 2. The van der Waals surface area contributed by atoms with E-state index in [4.69, 9.17) is 4.74 Å². The molecule has 0 radical (unpaired) electrons. The molecule has 0 aromatic carbocycles. The van der Waals surface area contributed by atoms with Gasteiger partial charge >= 0.3 is 0 Å². The molecule has 2 nitrogen and oxygen atoms in total. The van der Waals surface area contributed by atoms with Crippen molar-refractivity contribution in [2.45, 2.75) is 78.5 Å². The summed E-state index contributed by atoms with van der Waals surface area (Å²) in [5.74, 6) is 0. The first-order valence-electron chi connectivity index (χ1n) is 6.96. The highest BCUT2D eigenvalue weighted by atomic mass is 16.5. The smallest absolute Gasteiger partial charge is 0.0658 e. The molecule has 0 bridgehead atoms. The summed E-state index contributed by atoms with van der Waals surface area (Å²) in [6, 6.07) is 1.29. The lowest BCUT2D eigenvalue weighted by Crippen LogP contribution is -2.63. The van der Waals surface area contributed by atoms with Crippen molar-refractivity contribution in [3.05, 3.63) is 0 Å². The number of hydrogen-bond donors (Lipinski definition) is 1. The maximum Gasteiger partial charge on any atom is 0.0658 e. The van der Waals surface area contributed by atoms with Gasteiger partial charge in [0.25, 0.3) is 0 Å². The van der Waals surface area contributed by atoms with Gasteiger partial charge in [0, 0.05) is 24.1 Å². The third kappa shape index (κ3) is 2.78. The van der Waals surface area contributed by atoms with Gasteiger partial charge in [-0.05, 0) is 33.1 Å². The molecule has 4 atom stereocenters. The molecule has 0 aromatic rings. The summed E-state index contributed by atoms with van der Waals surface area (Å²) < 4.78 is 5.82. The molecular weight excluding hydrogens is 198 g/mol. The molecular formula is C14H29NO. The van der Waals surface area contributed by atoms with Gasteiger partial charge in [-0.15, -0.1) is 0 Å². The fourth-order valence-corrected chi connectivity index (χ4v) is 2.87. The van der Waals surface area contributed by atoms with E-state index in [1.54, 1.807) is 0 Å². The van der Waals surface area contributed by atoms with Crippen LogP contribution >= 0.6 is 0 Å². The zero-order valence-corrected chi connectivity index (χ0v) is 11.7. The summed E-state index contributed by atoms with van der Waals surface area (Å²) in [6.07, 6.45) is 5.39. The zero-order chi connectivity index (χ0) is 12.2. The Labute approximate surface area is 101 Å². The Hall–Kier alpha value is -0.0800. The maximum atomic E-state index is 5.82. The third-order valence-electron chi connectivity index (χ3n) is 4.32. The van der Waals surface area contributed by atoms with E-state index in [-0.39, 0.29) is 0 Å². The Bertz CT molecular complexity index is 207. The molecule has 2 heteroatoms. The Balaban J connectivity index is 2.45. The molecule has 0 amide bonds. The minimum absolute atomic E-state index is 0.345. The topological polar surface area (TPSA) is 21.3 Å². The van der Waals surface area contributed by atoms with Crippen LogP contribution in [0.3, 0.4) is 0 Å². The van der Waals surface area contributed by atoms with Gasteiger partial charge in [0.1, 0.15) is 0 Å². The van der Waals surface area contributed by atoms with Crippen LogP contribution in [-0.2, 0) is 4.74 Å². The second-order valence-corrected chi connectivity index (χ2v) is 5.45. The van der Waals surface area contributed by atoms with Crippen molar-refractivity contribution in [2.24, 2.45) is 5.41 Å². The standard InChI is InChI=1S/C14H29NO/c1-6-9-11(4)15-12-10-13(16-8-3)14(12,5)7-2/h11-13,15H,6-10H2,1-5H3. The second kappa shape index (κ2) is 6.02. The average Bonchev–Trinajstić information content (AvgIpc) is 2.27. The molecule has 16 heavy (non-hydrogen) atoms. The quantitative estimate of drug-likeness (QED) is 0.720. The van der Waals surface area contributed by atoms with Crippen LogP contribution in [0.5, 0.6) is 0 Å². The number of ether oxygens (including phenoxy) is 1. The van der Waals surface area contributed by atoms with Crippen molar-refractivity contribution in [1.82, 2.24) is 5.32 Å². The van der Waals surface area contributed by atoms with Crippen LogP contribution < -0.4 is 5.32 Å². The van der Waals surface area contributed by atoms with E-state index in [2.05, 4.69) is 39.9 Å². The minimum atomic E-state index is 0.345. The molecule has 1 aliphatic carbocycles. The van der Waals surface area contributed by atoms with Crippen molar-refractivity contribution in [1.29, 1.82) is 0 Å². The summed E-state index contributed by atoms with van der Waals surface area (Å²) in [7, 11) is 0. The van der Waals surface area contributed by atoms with Gasteiger partial charge in [0.2, 0.25) is 0 Å². The first kappa shape index (κ1) is 14.0. The van der Waals surface area contributed by atoms with Gasteiger partial charge in [-0.3, -0.25) is 0 Å². The normalized spacial score (nSPS) is 35.8. The molecule has 96 valence electrons. The molecule has 0 heterocycles. The highest BCUT2D eigenvalue weighted by molar-refractivity contribution is 5.05. The summed E-state index contributed by atoms with van der Waals surface area (Å²) >= 11 is 0. The van der Waals surface area contributed by atoms with Crippen LogP contribution in [0, 0.1) is 5.41 Å². The van der Waals surface area contributed by atoms with Crippen molar-refractivity contribution in [3.63, 3.8) is 0 Å². The highest BCUT2D eigenvalue weighted by Gasteiger charge is 2.51. The predicted molar refractivity (Wildman–Crippen MR) is 69.7 cm³/mol. The van der Waals surface area contributed by atoms with Gasteiger partial charge in [0.15, 0.2) is 0 Å². The second-order valence-electron chi connectivity index (χ2n) is 5.45. The summed E-state index contributed by atoms with van der Waals surface area (Å²) in [6.45, 7) is 12.1. The number of rotatable bonds is 7. The Morgan fingerprint density at radius 3 is 2.56 bits per heavy atom. The van der Waals surface area contributed by atoms with Crippen LogP contribution in [0.2, 0.25) is 0 Å². The van der Waals surface area contributed by atoms with Gasteiger partial charge in [-0.25, -0.2) is 0 Å². The molecule has 1 fully saturated rings. The summed E-state index contributed by atoms with van der Waals surface area (Å²) in [4.78, 5) is 0. The maximum absolute atomic E-state index is 5.82. The van der Waals surface area contributed by atoms with Gasteiger partial charge < -0.3 is 10.1 Å². The van der Waals surface area contributed by atoms with Crippen molar-refractivity contribution < 1.29 is 4.74 Å². The van der Waals surface area contributed by atoms with Crippen LogP contribution in [0.4, 0.5) is 0 Å². The molecule has 4 unspecified atom stereocenters. The van der Waals surface area contributed by atoms with Crippen LogP contribution in [0.25, 0.3) is 0 Å². The SMILES string of the molecule is CCCC(C)NC1CC(OCC)C1(C)CC. The molecule has 1 aliphatic rings. The van der Waals surface area contributed by atoms with Crippen molar-refractivity contribution >= 4 is 0 Å². The van der Waals surface area contributed by atoms with E-state index in [9.17, 15) is 0 Å². The van der Waals surface area contributed by atoms with Crippen molar-refractivity contribution in [2.75, 3.05) is 6.61 Å².